The Hall–Kier alpha value is -1.75. The Morgan fingerprint density at radius 1 is 1.04 bits per heavy atom. The molecule has 2 aromatic rings. The predicted molar refractivity (Wildman–Crippen MR) is 107 cm³/mol. The zero-order chi connectivity index (χ0) is 18.6. The number of hydrazone groups is 1. The Balaban J connectivity index is 2.37. The van der Waals surface area contributed by atoms with E-state index in [9.17, 15) is 4.79 Å². The first-order valence-electron chi connectivity index (χ1n) is 7.55. The van der Waals surface area contributed by atoms with Gasteiger partial charge in [-0.15, -0.1) is 5.10 Å². The van der Waals surface area contributed by atoms with E-state index in [1.807, 2.05) is 39.0 Å². The van der Waals surface area contributed by atoms with Gasteiger partial charge in [0.1, 0.15) is 0 Å². The minimum atomic E-state index is -0.642. The molecule has 0 aliphatic heterocycles. The summed E-state index contributed by atoms with van der Waals surface area (Å²) >= 11 is 18.2. The Morgan fingerprint density at radius 2 is 1.68 bits per heavy atom. The maximum atomic E-state index is 12.8. The third-order valence-corrected chi connectivity index (χ3v) is 4.25. The highest BCUT2D eigenvalue weighted by molar-refractivity contribution is 6.46. The van der Waals surface area contributed by atoms with Crippen LogP contribution in [0.2, 0.25) is 10.0 Å². The summed E-state index contributed by atoms with van der Waals surface area (Å²) < 4.78 is 1.13. The number of carbonyl (C=O) groups is 1. The van der Waals surface area contributed by atoms with Gasteiger partial charge in [-0.1, -0.05) is 62.2 Å². The summed E-state index contributed by atoms with van der Waals surface area (Å²) in [5, 5.41) is 8.03. The Kier molecular flexibility index (Phi) is 6.33. The van der Waals surface area contributed by atoms with Crippen LogP contribution in [-0.2, 0) is 4.79 Å². The molecular formula is C18H18Cl3N3O. The van der Waals surface area contributed by atoms with E-state index in [1.54, 1.807) is 30.3 Å². The summed E-state index contributed by atoms with van der Waals surface area (Å²) in [7, 11) is 0. The molecule has 0 heterocycles. The molecule has 0 spiro atoms. The highest BCUT2D eigenvalue weighted by atomic mass is 35.5. The second-order valence-electron chi connectivity index (χ2n) is 6.38. The molecule has 25 heavy (non-hydrogen) atoms. The molecule has 0 saturated heterocycles. The van der Waals surface area contributed by atoms with Gasteiger partial charge in [0.05, 0.1) is 15.7 Å². The maximum absolute atomic E-state index is 12.8. The number of nitrogens with zero attached hydrogens (tertiary/aromatic N) is 2. The molecule has 0 saturated carbocycles. The van der Waals surface area contributed by atoms with Crippen LogP contribution in [0.3, 0.4) is 0 Å². The minimum absolute atomic E-state index is 0.102. The maximum Gasteiger partial charge on any atom is 0.205 e. The van der Waals surface area contributed by atoms with Crippen molar-refractivity contribution in [1.29, 1.82) is 0 Å². The van der Waals surface area contributed by atoms with Gasteiger partial charge in [-0.05, 0) is 30.3 Å². The second-order valence-corrected chi connectivity index (χ2v) is 7.51. The largest absolute Gasteiger partial charge is 0.336 e. The average Bonchev–Trinajstić information content (AvgIpc) is 2.56. The van der Waals surface area contributed by atoms with E-state index in [0.29, 0.717) is 21.4 Å². The first-order valence-corrected chi connectivity index (χ1v) is 8.64. The second kappa shape index (κ2) is 8.09. The number of para-hydroxylation sites is 1. The van der Waals surface area contributed by atoms with Crippen molar-refractivity contribution in [3.63, 3.8) is 0 Å². The number of halogens is 3. The molecule has 4 nitrogen and oxygen atoms in total. The van der Waals surface area contributed by atoms with Crippen LogP contribution in [0.1, 0.15) is 20.8 Å². The van der Waals surface area contributed by atoms with E-state index in [2.05, 4.69) is 10.4 Å². The molecule has 0 aliphatic rings. The third kappa shape index (κ3) is 5.36. The van der Waals surface area contributed by atoms with Gasteiger partial charge >= 0.3 is 0 Å². The molecule has 0 unspecified atom stereocenters. The molecule has 2 aromatic carbocycles. The zero-order valence-electron chi connectivity index (χ0n) is 14.1. The smallest absolute Gasteiger partial charge is 0.205 e. The fourth-order valence-corrected chi connectivity index (χ4v) is 2.38. The van der Waals surface area contributed by atoms with Crippen LogP contribution < -0.4 is 9.84 Å². The molecule has 0 radical (unpaired) electrons. The standard InChI is InChI=1S/C18H18Cl3N3O/c1-18(2,3)16(25)17(22-12-9-10-14(19)15(20)11-12)23-24(21)13-7-5-4-6-8-13/h4-11H,1-3H3,(H,22,23). The minimum Gasteiger partial charge on any atom is -0.336 e. The molecule has 0 fully saturated rings. The highest BCUT2D eigenvalue weighted by Crippen LogP contribution is 2.26. The Morgan fingerprint density at radius 3 is 2.24 bits per heavy atom. The number of benzene rings is 2. The topological polar surface area (TPSA) is 44.7 Å². The van der Waals surface area contributed by atoms with Crippen molar-refractivity contribution < 1.29 is 4.79 Å². The van der Waals surface area contributed by atoms with Crippen LogP contribution in [-0.4, -0.2) is 11.6 Å². The van der Waals surface area contributed by atoms with E-state index >= 15 is 0 Å². The first-order chi connectivity index (χ1) is 11.7. The summed E-state index contributed by atoms with van der Waals surface area (Å²) in [6, 6.07) is 14.1. The molecule has 1 N–H and O–H groups in total. The van der Waals surface area contributed by atoms with Gasteiger partial charge in [-0.25, -0.2) is 0 Å². The van der Waals surface area contributed by atoms with E-state index in [0.717, 1.165) is 4.53 Å². The first kappa shape index (κ1) is 19.6. The lowest BCUT2D eigenvalue weighted by atomic mass is 9.90. The van der Waals surface area contributed by atoms with Crippen LogP contribution >= 0.6 is 35.0 Å². The summed E-state index contributed by atoms with van der Waals surface area (Å²) in [5.41, 5.74) is 0.583. The lowest BCUT2D eigenvalue weighted by Crippen LogP contribution is -2.35. The van der Waals surface area contributed by atoms with E-state index in [1.165, 1.54) is 0 Å². The highest BCUT2D eigenvalue weighted by Gasteiger charge is 2.27. The molecule has 0 amide bonds. The summed E-state index contributed by atoms with van der Waals surface area (Å²) in [6.45, 7) is 5.42. The van der Waals surface area contributed by atoms with Gasteiger partial charge in [0.2, 0.25) is 5.78 Å². The van der Waals surface area contributed by atoms with Crippen LogP contribution in [0, 0.1) is 5.41 Å². The van der Waals surface area contributed by atoms with Gasteiger partial charge in [0, 0.05) is 22.9 Å². The summed E-state index contributed by atoms with van der Waals surface area (Å²) in [6.07, 6.45) is 0. The number of hydrogen-bond donors (Lipinski definition) is 1. The summed E-state index contributed by atoms with van der Waals surface area (Å²) in [5.74, 6) is -0.0927. The van der Waals surface area contributed by atoms with Crippen LogP contribution in [0.4, 0.5) is 11.4 Å². The van der Waals surface area contributed by atoms with Crippen LogP contribution in [0.15, 0.2) is 53.6 Å². The number of Topliss-reactive ketones (excluding diaryl/α,β-unsaturated/α-hetero) is 1. The molecule has 132 valence electrons. The zero-order valence-corrected chi connectivity index (χ0v) is 16.3. The van der Waals surface area contributed by atoms with Gasteiger partial charge in [0.15, 0.2) is 5.84 Å². The fraction of sp³-hybridized carbons (Fsp3) is 0.222. The molecule has 0 aliphatic carbocycles. The third-order valence-electron chi connectivity index (χ3n) is 3.24. The van der Waals surface area contributed by atoms with Crippen molar-refractivity contribution in [2.24, 2.45) is 10.5 Å². The number of ketones is 1. The Bertz CT molecular complexity index is 786. The number of rotatable bonds is 4. The molecule has 0 aromatic heterocycles. The Labute approximate surface area is 162 Å². The fourth-order valence-electron chi connectivity index (χ4n) is 1.89. The van der Waals surface area contributed by atoms with Crippen molar-refractivity contribution in [3.8, 4) is 0 Å². The lowest BCUT2D eigenvalue weighted by Gasteiger charge is -2.20. The quantitative estimate of drug-likeness (QED) is 0.297. The number of hydrogen-bond acceptors (Lipinski definition) is 3. The van der Waals surface area contributed by atoms with Crippen molar-refractivity contribution in [2.75, 3.05) is 9.84 Å². The van der Waals surface area contributed by atoms with Gasteiger partial charge in [0.25, 0.3) is 0 Å². The van der Waals surface area contributed by atoms with Crippen molar-refractivity contribution in [2.45, 2.75) is 20.8 Å². The van der Waals surface area contributed by atoms with Crippen molar-refractivity contribution >= 4 is 58.0 Å². The molecule has 7 heteroatoms. The molecule has 0 atom stereocenters. The van der Waals surface area contributed by atoms with Crippen LogP contribution in [0.25, 0.3) is 0 Å². The van der Waals surface area contributed by atoms with Gasteiger partial charge in [-0.3, -0.25) is 4.79 Å². The number of amidine groups is 1. The monoisotopic (exact) mass is 397 g/mol. The number of carbonyl (C=O) groups excluding carboxylic acids is 1. The lowest BCUT2D eigenvalue weighted by molar-refractivity contribution is -0.119. The van der Waals surface area contributed by atoms with E-state index in [4.69, 9.17) is 35.0 Å². The average molecular weight is 399 g/mol. The number of anilines is 2. The van der Waals surface area contributed by atoms with E-state index < -0.39 is 5.41 Å². The van der Waals surface area contributed by atoms with E-state index in [-0.39, 0.29) is 11.6 Å². The SMILES string of the molecule is CC(C)(C)C(=O)C(=NN(Cl)c1ccccc1)Nc1ccc(Cl)c(Cl)c1. The van der Waals surface area contributed by atoms with Crippen molar-refractivity contribution in [1.82, 2.24) is 0 Å². The van der Waals surface area contributed by atoms with Crippen molar-refractivity contribution in [3.05, 3.63) is 58.6 Å². The molecule has 2 rings (SSSR count). The summed E-state index contributed by atoms with van der Waals surface area (Å²) in [4.78, 5) is 12.8. The molecular weight excluding hydrogens is 381 g/mol. The number of nitrogens with one attached hydrogen (secondary N) is 1. The normalized spacial score (nSPS) is 12.0. The van der Waals surface area contributed by atoms with Gasteiger partial charge in [-0.2, -0.15) is 4.53 Å². The van der Waals surface area contributed by atoms with Gasteiger partial charge < -0.3 is 5.32 Å². The van der Waals surface area contributed by atoms with Crippen LogP contribution in [0.5, 0.6) is 0 Å². The predicted octanol–water partition coefficient (Wildman–Crippen LogP) is 5.99. The molecule has 0 bridgehead atoms.